The lowest BCUT2D eigenvalue weighted by molar-refractivity contribution is 0.154. The van der Waals surface area contributed by atoms with E-state index in [-0.39, 0.29) is 0 Å². The minimum Gasteiger partial charge on any atom is -0.183 e. The van der Waals surface area contributed by atoms with Crippen molar-refractivity contribution in [1.29, 1.82) is 5.26 Å². The van der Waals surface area contributed by atoms with Crippen LogP contribution in [0.5, 0.6) is 0 Å². The standard InChI is InChI=1S/C20H27N/c1-2-6-17-8-12-19(13-9-17)20-14-10-18(11-15-20)7-4-3-5-16-21/h17-20H,2,6,8-15H2,1H3. The van der Waals surface area contributed by atoms with E-state index in [2.05, 4.69) is 30.6 Å². The zero-order valence-corrected chi connectivity index (χ0v) is 13.3. The molecule has 0 N–H and O–H groups in total. The highest BCUT2D eigenvalue weighted by Gasteiger charge is 2.30. The van der Waals surface area contributed by atoms with Gasteiger partial charge in [0.1, 0.15) is 0 Å². The molecule has 0 saturated heterocycles. The Balaban J connectivity index is 1.72. The van der Waals surface area contributed by atoms with Gasteiger partial charge < -0.3 is 0 Å². The second-order valence-corrected chi connectivity index (χ2v) is 6.81. The highest BCUT2D eigenvalue weighted by molar-refractivity contribution is 5.32. The van der Waals surface area contributed by atoms with E-state index in [4.69, 9.17) is 5.26 Å². The summed E-state index contributed by atoms with van der Waals surface area (Å²) in [6.45, 7) is 2.31. The molecule has 0 aromatic rings. The van der Waals surface area contributed by atoms with Crippen LogP contribution in [0.15, 0.2) is 0 Å². The molecule has 2 fully saturated rings. The Bertz CT molecular complexity index is 460. The van der Waals surface area contributed by atoms with Crippen LogP contribution in [0.1, 0.15) is 71.1 Å². The molecule has 0 spiro atoms. The predicted molar refractivity (Wildman–Crippen MR) is 87.0 cm³/mol. The molecule has 21 heavy (non-hydrogen) atoms. The first-order chi connectivity index (χ1) is 10.3. The normalized spacial score (nSPS) is 32.0. The second kappa shape index (κ2) is 8.80. The third kappa shape index (κ3) is 5.14. The van der Waals surface area contributed by atoms with Gasteiger partial charge in [-0.2, -0.15) is 5.26 Å². The summed E-state index contributed by atoms with van der Waals surface area (Å²) in [5, 5.41) is 8.34. The van der Waals surface area contributed by atoms with Crippen molar-refractivity contribution in [2.24, 2.45) is 23.7 Å². The summed E-state index contributed by atoms with van der Waals surface area (Å²) in [6.07, 6.45) is 13.9. The first-order valence-corrected chi connectivity index (χ1v) is 8.73. The van der Waals surface area contributed by atoms with Crippen molar-refractivity contribution in [3.63, 3.8) is 0 Å². The summed E-state index contributed by atoms with van der Waals surface area (Å²) < 4.78 is 0. The highest BCUT2D eigenvalue weighted by atomic mass is 14.3. The average Bonchev–Trinajstić information content (AvgIpc) is 2.53. The van der Waals surface area contributed by atoms with Crippen LogP contribution in [-0.4, -0.2) is 0 Å². The van der Waals surface area contributed by atoms with E-state index in [1.165, 1.54) is 64.2 Å². The van der Waals surface area contributed by atoms with Crippen LogP contribution < -0.4 is 0 Å². The molecule has 2 aliphatic carbocycles. The molecule has 0 heterocycles. The molecule has 0 bridgehead atoms. The maximum Gasteiger partial charge on any atom is 0.153 e. The van der Waals surface area contributed by atoms with Crippen molar-refractivity contribution in [3.8, 4) is 29.8 Å². The van der Waals surface area contributed by atoms with E-state index in [1.54, 1.807) is 6.07 Å². The van der Waals surface area contributed by atoms with E-state index in [1.807, 2.05) is 0 Å². The zero-order valence-electron chi connectivity index (χ0n) is 13.3. The first-order valence-electron chi connectivity index (χ1n) is 8.73. The van der Waals surface area contributed by atoms with Crippen LogP contribution >= 0.6 is 0 Å². The zero-order chi connectivity index (χ0) is 14.9. The SMILES string of the molecule is CCCC1CCC(C2CCC(C#CC#CC#N)CC2)CC1. The van der Waals surface area contributed by atoms with E-state index >= 15 is 0 Å². The van der Waals surface area contributed by atoms with Gasteiger partial charge in [0.2, 0.25) is 0 Å². The van der Waals surface area contributed by atoms with Gasteiger partial charge in [-0.15, -0.1) is 0 Å². The fourth-order valence-electron chi connectivity index (χ4n) is 4.29. The van der Waals surface area contributed by atoms with Crippen LogP contribution in [0.3, 0.4) is 0 Å². The summed E-state index contributed by atoms with van der Waals surface area (Å²) in [6, 6.07) is 1.80. The molecule has 0 unspecified atom stereocenters. The molecule has 2 aliphatic rings. The van der Waals surface area contributed by atoms with Gasteiger partial charge in [-0.25, -0.2) is 0 Å². The fraction of sp³-hybridized carbons (Fsp3) is 0.750. The molecular formula is C20H27N. The Kier molecular flexibility index (Phi) is 6.70. The summed E-state index contributed by atoms with van der Waals surface area (Å²) in [5.74, 6) is 14.5. The number of hydrogen-bond acceptors (Lipinski definition) is 1. The smallest absolute Gasteiger partial charge is 0.153 e. The molecule has 112 valence electrons. The third-order valence-corrected chi connectivity index (χ3v) is 5.48. The van der Waals surface area contributed by atoms with Crippen molar-refractivity contribution in [2.75, 3.05) is 0 Å². The van der Waals surface area contributed by atoms with Crippen molar-refractivity contribution in [3.05, 3.63) is 0 Å². The van der Waals surface area contributed by atoms with E-state index in [9.17, 15) is 0 Å². The van der Waals surface area contributed by atoms with Gasteiger partial charge in [0, 0.05) is 17.8 Å². The molecule has 0 aromatic carbocycles. The van der Waals surface area contributed by atoms with E-state index < -0.39 is 0 Å². The Morgan fingerprint density at radius 2 is 1.43 bits per heavy atom. The minimum absolute atomic E-state index is 0.519. The molecule has 1 nitrogen and oxygen atoms in total. The molecule has 0 atom stereocenters. The van der Waals surface area contributed by atoms with Gasteiger partial charge in [-0.3, -0.25) is 0 Å². The van der Waals surface area contributed by atoms with Gasteiger partial charge >= 0.3 is 0 Å². The van der Waals surface area contributed by atoms with E-state index in [0.717, 1.165) is 17.8 Å². The molecule has 0 radical (unpaired) electrons. The summed E-state index contributed by atoms with van der Waals surface area (Å²) in [4.78, 5) is 0. The van der Waals surface area contributed by atoms with Crippen molar-refractivity contribution in [2.45, 2.75) is 71.1 Å². The van der Waals surface area contributed by atoms with Crippen LogP contribution in [0, 0.1) is 58.7 Å². The molecule has 0 aliphatic heterocycles. The molecule has 2 rings (SSSR count). The maximum absolute atomic E-state index is 8.34. The topological polar surface area (TPSA) is 23.8 Å². The summed E-state index contributed by atoms with van der Waals surface area (Å²) in [5.41, 5.74) is 0. The molecule has 0 aromatic heterocycles. The van der Waals surface area contributed by atoms with Crippen molar-refractivity contribution in [1.82, 2.24) is 0 Å². The number of rotatable bonds is 3. The Labute approximate surface area is 130 Å². The van der Waals surface area contributed by atoms with Gasteiger partial charge in [0.15, 0.2) is 6.07 Å². The molecule has 2 saturated carbocycles. The number of nitrogens with zero attached hydrogens (tertiary/aromatic N) is 1. The third-order valence-electron chi connectivity index (χ3n) is 5.48. The molecule has 0 amide bonds. The van der Waals surface area contributed by atoms with Gasteiger partial charge in [-0.05, 0) is 62.2 Å². The average molecular weight is 281 g/mol. The van der Waals surface area contributed by atoms with Gasteiger partial charge in [0.25, 0.3) is 0 Å². The Morgan fingerprint density at radius 1 is 0.810 bits per heavy atom. The van der Waals surface area contributed by atoms with Crippen molar-refractivity contribution >= 4 is 0 Å². The minimum atomic E-state index is 0.519. The number of nitriles is 1. The largest absolute Gasteiger partial charge is 0.183 e. The fourth-order valence-corrected chi connectivity index (χ4v) is 4.29. The highest BCUT2D eigenvalue weighted by Crippen LogP contribution is 2.41. The monoisotopic (exact) mass is 281 g/mol. The van der Waals surface area contributed by atoms with Gasteiger partial charge in [-0.1, -0.05) is 38.5 Å². The molecule has 1 heteroatoms. The van der Waals surface area contributed by atoms with Crippen LogP contribution in [-0.2, 0) is 0 Å². The van der Waals surface area contributed by atoms with Crippen molar-refractivity contribution < 1.29 is 0 Å². The van der Waals surface area contributed by atoms with Crippen LogP contribution in [0.25, 0.3) is 0 Å². The van der Waals surface area contributed by atoms with Crippen LogP contribution in [0.4, 0.5) is 0 Å². The summed E-state index contributed by atoms with van der Waals surface area (Å²) in [7, 11) is 0. The lowest BCUT2D eigenvalue weighted by Crippen LogP contribution is -2.25. The quantitative estimate of drug-likeness (QED) is 0.673. The second-order valence-electron chi connectivity index (χ2n) is 6.81. The van der Waals surface area contributed by atoms with Crippen LogP contribution in [0.2, 0.25) is 0 Å². The van der Waals surface area contributed by atoms with Gasteiger partial charge in [0.05, 0.1) is 0 Å². The Hall–Kier alpha value is -1.39. The Morgan fingerprint density at radius 3 is 2.00 bits per heavy atom. The molecular weight excluding hydrogens is 254 g/mol. The maximum atomic E-state index is 8.34. The van der Waals surface area contributed by atoms with E-state index in [0.29, 0.717) is 5.92 Å². The summed E-state index contributed by atoms with van der Waals surface area (Å²) >= 11 is 0. The first kappa shape index (κ1) is 16.0. The lowest BCUT2D eigenvalue weighted by atomic mass is 9.69. The predicted octanol–water partition coefficient (Wildman–Crippen LogP) is 4.93. The number of hydrogen-bond donors (Lipinski definition) is 0. The lowest BCUT2D eigenvalue weighted by Gasteiger charge is -2.37.